The van der Waals surface area contributed by atoms with Crippen molar-refractivity contribution in [2.75, 3.05) is 11.9 Å². The SMILES string of the molecule is Cc1cccc(C)c1NC(=O)CNC(=O)C(C)OC(=O)Cc1ccc(OC(F)F)cc1. The number of nitrogens with one attached hydrogen (secondary N) is 2. The monoisotopic (exact) mass is 434 g/mol. The molecule has 0 aliphatic heterocycles. The van der Waals surface area contributed by atoms with Gasteiger partial charge in [0.05, 0.1) is 13.0 Å². The van der Waals surface area contributed by atoms with Crippen molar-refractivity contribution in [1.82, 2.24) is 5.32 Å². The lowest BCUT2D eigenvalue weighted by Gasteiger charge is -2.15. The molecule has 0 spiro atoms. The maximum atomic E-state index is 12.1. The van der Waals surface area contributed by atoms with E-state index >= 15 is 0 Å². The second-order valence-electron chi connectivity index (χ2n) is 6.86. The van der Waals surface area contributed by atoms with Crippen molar-refractivity contribution in [1.29, 1.82) is 0 Å². The van der Waals surface area contributed by atoms with Gasteiger partial charge in [0, 0.05) is 5.69 Å². The zero-order chi connectivity index (χ0) is 23.0. The standard InChI is InChI=1S/C22H24F2N2O5/c1-13-5-4-6-14(2)20(13)26-18(27)12-25-21(29)15(3)30-19(28)11-16-7-9-17(10-8-16)31-22(23)24/h4-10,15,22H,11-12H2,1-3H3,(H,25,29)(H,26,27). The molecule has 0 saturated heterocycles. The molecule has 2 rings (SSSR count). The molecule has 0 radical (unpaired) electrons. The van der Waals surface area contributed by atoms with Crippen LogP contribution in [0.3, 0.4) is 0 Å². The van der Waals surface area contributed by atoms with Gasteiger partial charge in [-0.1, -0.05) is 30.3 Å². The van der Waals surface area contributed by atoms with Gasteiger partial charge >= 0.3 is 12.6 Å². The molecule has 0 aliphatic carbocycles. The van der Waals surface area contributed by atoms with Gasteiger partial charge in [-0.2, -0.15) is 8.78 Å². The van der Waals surface area contributed by atoms with Gasteiger partial charge in [-0.3, -0.25) is 14.4 Å². The highest BCUT2D eigenvalue weighted by Crippen LogP contribution is 2.19. The molecule has 0 heterocycles. The van der Waals surface area contributed by atoms with E-state index in [2.05, 4.69) is 15.4 Å². The summed E-state index contributed by atoms with van der Waals surface area (Å²) in [7, 11) is 0. The van der Waals surface area contributed by atoms with Crippen LogP contribution in [0.25, 0.3) is 0 Å². The van der Waals surface area contributed by atoms with Crippen LogP contribution in [-0.2, 0) is 25.5 Å². The van der Waals surface area contributed by atoms with Gasteiger partial charge in [0.25, 0.3) is 5.91 Å². The van der Waals surface area contributed by atoms with Crippen LogP contribution in [0.2, 0.25) is 0 Å². The molecule has 1 atom stereocenters. The Morgan fingerprint density at radius 2 is 1.61 bits per heavy atom. The van der Waals surface area contributed by atoms with Crippen molar-refractivity contribution in [2.24, 2.45) is 0 Å². The van der Waals surface area contributed by atoms with E-state index in [0.29, 0.717) is 11.3 Å². The Morgan fingerprint density at radius 1 is 1.00 bits per heavy atom. The van der Waals surface area contributed by atoms with E-state index in [9.17, 15) is 23.2 Å². The van der Waals surface area contributed by atoms with Crippen molar-refractivity contribution in [3.63, 3.8) is 0 Å². The number of aryl methyl sites for hydroxylation is 2. The lowest BCUT2D eigenvalue weighted by molar-refractivity contribution is -0.154. The van der Waals surface area contributed by atoms with Crippen LogP contribution in [-0.4, -0.2) is 37.0 Å². The number of anilines is 1. The van der Waals surface area contributed by atoms with E-state index in [0.717, 1.165) is 11.1 Å². The van der Waals surface area contributed by atoms with Crippen LogP contribution in [0, 0.1) is 13.8 Å². The van der Waals surface area contributed by atoms with Crippen molar-refractivity contribution >= 4 is 23.5 Å². The summed E-state index contributed by atoms with van der Waals surface area (Å²) in [6, 6.07) is 11.1. The summed E-state index contributed by atoms with van der Waals surface area (Å²) in [4.78, 5) is 36.2. The molecule has 1 unspecified atom stereocenters. The first-order chi connectivity index (χ1) is 14.7. The van der Waals surface area contributed by atoms with Gasteiger partial charge in [-0.05, 0) is 49.6 Å². The second kappa shape index (κ2) is 11.1. The number of esters is 1. The lowest BCUT2D eigenvalue weighted by atomic mass is 10.1. The Balaban J connectivity index is 1.78. The fourth-order valence-electron chi connectivity index (χ4n) is 2.75. The van der Waals surface area contributed by atoms with Crippen LogP contribution in [0.4, 0.5) is 14.5 Å². The van der Waals surface area contributed by atoms with Gasteiger partial charge in [-0.25, -0.2) is 0 Å². The van der Waals surface area contributed by atoms with Gasteiger partial charge in [0.2, 0.25) is 5.91 Å². The number of amides is 2. The van der Waals surface area contributed by atoms with E-state index in [1.54, 1.807) is 0 Å². The van der Waals surface area contributed by atoms with Gasteiger partial charge < -0.3 is 20.1 Å². The summed E-state index contributed by atoms with van der Waals surface area (Å²) in [5.74, 6) is -1.73. The van der Waals surface area contributed by atoms with Gasteiger partial charge in [0.15, 0.2) is 6.10 Å². The predicted molar refractivity (Wildman–Crippen MR) is 110 cm³/mol. The molecule has 9 heteroatoms. The van der Waals surface area contributed by atoms with E-state index in [1.165, 1.54) is 31.2 Å². The Labute approximate surface area is 178 Å². The van der Waals surface area contributed by atoms with Gasteiger partial charge in [0.1, 0.15) is 5.75 Å². The first-order valence-corrected chi connectivity index (χ1v) is 9.52. The Hall–Kier alpha value is -3.49. The first kappa shape index (κ1) is 23.8. The number of carbonyl (C=O) groups excluding carboxylic acids is 3. The number of carbonyl (C=O) groups is 3. The smallest absolute Gasteiger partial charge is 0.387 e. The molecular weight excluding hydrogens is 410 g/mol. The summed E-state index contributed by atoms with van der Waals surface area (Å²) < 4.78 is 33.6. The van der Waals surface area contributed by atoms with Crippen LogP contribution < -0.4 is 15.4 Å². The third-order valence-corrected chi connectivity index (χ3v) is 4.34. The number of alkyl halides is 2. The largest absolute Gasteiger partial charge is 0.452 e. The Kier molecular flexibility index (Phi) is 8.48. The Bertz CT molecular complexity index is 912. The minimum Gasteiger partial charge on any atom is -0.452 e. The maximum absolute atomic E-state index is 12.1. The van der Waals surface area contributed by atoms with Crippen LogP contribution in [0.5, 0.6) is 5.75 Å². The molecule has 0 saturated carbocycles. The molecule has 2 aromatic carbocycles. The molecule has 2 amide bonds. The number of hydrogen-bond donors (Lipinski definition) is 2. The van der Waals surface area contributed by atoms with E-state index < -0.39 is 30.5 Å². The number of para-hydroxylation sites is 1. The number of benzene rings is 2. The zero-order valence-electron chi connectivity index (χ0n) is 17.4. The van der Waals surface area contributed by atoms with Crippen molar-refractivity contribution < 1.29 is 32.6 Å². The molecule has 31 heavy (non-hydrogen) atoms. The minimum atomic E-state index is -2.93. The fraction of sp³-hybridized carbons (Fsp3) is 0.318. The first-order valence-electron chi connectivity index (χ1n) is 9.52. The highest BCUT2D eigenvalue weighted by molar-refractivity contribution is 5.96. The highest BCUT2D eigenvalue weighted by atomic mass is 19.3. The van der Waals surface area contributed by atoms with Crippen molar-refractivity contribution in [2.45, 2.75) is 39.9 Å². The topological polar surface area (TPSA) is 93.7 Å². The summed E-state index contributed by atoms with van der Waals surface area (Å²) in [5, 5.41) is 5.16. The zero-order valence-corrected chi connectivity index (χ0v) is 17.4. The number of halogens is 2. The van der Waals surface area contributed by atoms with E-state index in [1.807, 2.05) is 32.0 Å². The summed E-state index contributed by atoms with van der Waals surface area (Å²) in [6.07, 6.45) is -1.26. The summed E-state index contributed by atoms with van der Waals surface area (Å²) in [5.41, 5.74) is 2.99. The van der Waals surface area contributed by atoms with Crippen LogP contribution >= 0.6 is 0 Å². The molecular formula is C22H24F2N2O5. The van der Waals surface area contributed by atoms with Crippen LogP contribution in [0.1, 0.15) is 23.6 Å². The normalized spacial score (nSPS) is 11.5. The molecule has 0 aliphatic rings. The van der Waals surface area contributed by atoms with E-state index in [-0.39, 0.29) is 18.7 Å². The predicted octanol–water partition coefficient (Wildman–Crippen LogP) is 3.13. The third-order valence-electron chi connectivity index (χ3n) is 4.34. The molecule has 0 bridgehead atoms. The molecule has 166 valence electrons. The molecule has 2 N–H and O–H groups in total. The van der Waals surface area contributed by atoms with Gasteiger partial charge in [-0.15, -0.1) is 0 Å². The molecule has 2 aromatic rings. The second-order valence-corrected chi connectivity index (χ2v) is 6.86. The van der Waals surface area contributed by atoms with E-state index in [4.69, 9.17) is 4.74 Å². The Morgan fingerprint density at radius 3 is 2.19 bits per heavy atom. The minimum absolute atomic E-state index is 0.0287. The summed E-state index contributed by atoms with van der Waals surface area (Å²) in [6.45, 7) is 1.90. The number of ether oxygens (including phenoxy) is 2. The van der Waals surface area contributed by atoms with Crippen molar-refractivity contribution in [3.05, 3.63) is 59.2 Å². The maximum Gasteiger partial charge on any atom is 0.387 e. The number of rotatable bonds is 9. The average molecular weight is 434 g/mol. The number of hydrogen-bond acceptors (Lipinski definition) is 5. The molecule has 7 nitrogen and oxygen atoms in total. The highest BCUT2D eigenvalue weighted by Gasteiger charge is 2.19. The van der Waals surface area contributed by atoms with Crippen LogP contribution in [0.15, 0.2) is 42.5 Å². The lowest BCUT2D eigenvalue weighted by Crippen LogP contribution is -2.40. The van der Waals surface area contributed by atoms with Crippen molar-refractivity contribution in [3.8, 4) is 5.75 Å². The average Bonchev–Trinajstić information content (AvgIpc) is 2.70. The summed E-state index contributed by atoms with van der Waals surface area (Å²) >= 11 is 0. The third kappa shape index (κ3) is 7.69. The molecule has 0 fully saturated rings. The quantitative estimate of drug-likeness (QED) is 0.592. The fourth-order valence-corrected chi connectivity index (χ4v) is 2.75. The molecule has 0 aromatic heterocycles.